The van der Waals surface area contributed by atoms with Gasteiger partial charge < -0.3 is 29.1 Å². The molecule has 0 bridgehead atoms. The van der Waals surface area contributed by atoms with Crippen molar-refractivity contribution in [3.63, 3.8) is 0 Å². The molecular weight excluding hydrogens is 2320 g/mol. The van der Waals surface area contributed by atoms with Crippen LogP contribution in [-0.2, 0) is 39.0 Å². The molecule has 3 unspecified atom stereocenters. The van der Waals surface area contributed by atoms with Gasteiger partial charge in [0, 0.05) is 32.7 Å². The Morgan fingerprint density at radius 1 is 0.336 bits per heavy atom. The quantitative estimate of drug-likeness (QED) is 0.00656. The monoisotopic (exact) mass is 2470 g/mol. The number of fused-ring (bicyclic) bond motifs is 2. The molecule has 0 amide bonds. The number of hydrogen-bond acceptors (Lipinski definition) is 18. The summed E-state index contributed by atoms with van der Waals surface area (Å²) < 4.78 is 94.1. The first kappa shape index (κ1) is 127. The Morgan fingerprint density at radius 3 is 1.03 bits per heavy atom. The van der Waals surface area contributed by atoms with E-state index in [1.807, 2.05) is 97.9 Å². The van der Waals surface area contributed by atoms with Crippen LogP contribution in [0.1, 0.15) is 223 Å². The minimum Gasteiger partial charge on any atom is -0.744 e. The zero-order valence-electron chi connectivity index (χ0n) is 84.9. The highest BCUT2D eigenvalue weighted by atomic mass is 127. The van der Waals surface area contributed by atoms with Gasteiger partial charge in [0.25, 0.3) is 5.69 Å². The minimum atomic E-state index is -4.38. The number of rotatable bonds is 41. The molecule has 0 heterocycles. The minimum absolute atomic E-state index is 0.0287. The van der Waals surface area contributed by atoms with Gasteiger partial charge in [0.2, 0.25) is 0 Å². The van der Waals surface area contributed by atoms with E-state index in [9.17, 15) is 46.6 Å². The Morgan fingerprint density at radius 2 is 0.678 bits per heavy atom. The first-order chi connectivity index (χ1) is 69.3. The lowest BCUT2D eigenvalue weighted by molar-refractivity contribution is -0.777. The standard InChI is InChI=1S/C18H30O3S.C13H12IO.C13H28.C12H9INO2.2C12H10I.C12H12O4S.C10H8O3S.C6H6O3S.2C5H12/c1-13(2)10-14(3)11-15(4)12-16(5)17-6-8-18(9-7-17)22-21-20-19;1-15-13-9-7-12(8-10-13)14-11-5-3-2-4-6-11;1-3-5-7-9-11-13-12-10-8-6-4-2;15-14(16)12-8-6-11(7-9-12)13-10-4-2-1-3-5-10;2*1-3-7-11(8-4-1)13-12-9-5-2-6-10-12;1-2-14-11-7-8-12(17-16-15-13)10-6-4-3-5-9(10)11;11-14(12,13)10-7-3-5-8-4-1-2-6-9(8)10;7-10(8,9)6-4-2-1-3-5-6;2*1-3-5-4-2/h6-9,13-16,19H,10-12H2,1-5H3;2-10H,1H3;3-13H2,1-2H3;1-9H;2*1-10H;3-8,13H,2H2,1H3;1-7H,(H,11,12,13);1-5H,(H,7,8,9);2*3-5H2,1-2H3/q;+1;;3*+1;;;;;/p-4. The van der Waals surface area contributed by atoms with Crippen LogP contribution in [0.4, 0.5) is 5.69 Å². The molecule has 14 rings (SSSR count). The fourth-order valence-electron chi connectivity index (χ4n) is 14.1. The number of nitro benzene ring substituents is 1. The van der Waals surface area contributed by atoms with E-state index in [4.69, 9.17) is 9.47 Å². The number of nitro groups is 1. The first-order valence-corrected chi connectivity index (χ1v) is 61.9. The van der Waals surface area contributed by atoms with Gasteiger partial charge in [0.15, 0.2) is 28.6 Å². The average Bonchev–Trinajstić information content (AvgIpc) is 0.802. The van der Waals surface area contributed by atoms with Gasteiger partial charge in [-0.25, -0.2) is 16.8 Å². The van der Waals surface area contributed by atoms with E-state index in [2.05, 4.69) is 283 Å². The third-order valence-corrected chi connectivity index (χ3v) is 34.6. The van der Waals surface area contributed by atoms with Gasteiger partial charge in [-0.1, -0.05) is 386 Å². The highest BCUT2D eigenvalue weighted by Crippen LogP contribution is 2.35. The molecule has 25 heteroatoms. The van der Waals surface area contributed by atoms with Crippen LogP contribution in [0.25, 0.3) is 21.5 Å². The molecule has 0 fully saturated rings. The van der Waals surface area contributed by atoms with E-state index in [-0.39, 0.29) is 105 Å². The number of hydrogen-bond donors (Lipinski definition) is 0. The predicted octanol–water partition coefficient (Wildman–Crippen LogP) is 18.8. The Bertz CT molecular complexity index is 5600. The van der Waals surface area contributed by atoms with Crippen molar-refractivity contribution in [3.05, 3.63) is 408 Å². The Labute approximate surface area is 904 Å². The molecule has 0 aliphatic rings. The zero-order chi connectivity index (χ0) is 104. The van der Waals surface area contributed by atoms with Gasteiger partial charge >= 0.3 is 84.8 Å². The summed E-state index contributed by atoms with van der Waals surface area (Å²) in [6.45, 7) is 27.6. The molecule has 0 N–H and O–H groups in total. The third-order valence-electron chi connectivity index (χ3n) is 20.9. The van der Waals surface area contributed by atoms with Crippen LogP contribution < -0.4 is 105 Å². The molecule has 3 atom stereocenters. The molecule has 0 spiro atoms. The van der Waals surface area contributed by atoms with Gasteiger partial charge in [-0.2, -0.15) is 8.67 Å². The number of ether oxygens (including phenoxy) is 2. The maximum atomic E-state index is 10.9. The molecule has 0 radical (unpaired) electrons. The Balaban J connectivity index is 0.000000333. The lowest BCUT2D eigenvalue weighted by Crippen LogP contribution is -3.61. The largest absolute Gasteiger partial charge is 0.744 e. The fraction of sp³-hybridized carbons (Fsp3) is 0.322. The van der Waals surface area contributed by atoms with Crippen LogP contribution in [0.2, 0.25) is 0 Å². The Kier molecular flexibility index (Phi) is 71.1. The second-order valence-corrected chi connectivity index (χ2v) is 49.8. The van der Waals surface area contributed by atoms with Crippen LogP contribution in [0.5, 0.6) is 11.5 Å². The van der Waals surface area contributed by atoms with E-state index >= 15 is 0 Å². The van der Waals surface area contributed by atoms with E-state index < -0.39 is 20.2 Å². The maximum absolute atomic E-state index is 10.9. The van der Waals surface area contributed by atoms with Crippen LogP contribution in [-0.4, -0.2) is 44.6 Å². The summed E-state index contributed by atoms with van der Waals surface area (Å²) in [7, 11) is -6.94. The third kappa shape index (κ3) is 59.4. The number of benzene rings is 14. The number of halogens is 4. The normalized spacial score (nSPS) is 11.1. The first-order valence-electron chi connectivity index (χ1n) is 49.0. The SMILES string of the molecule is CC(C)CC(C)CC(C)CC(C)c1ccc(SOO[O-])cc1.CCCCC.CCCCC.CCCCCCCCCCCCC.CCOc1ccc(SOO[O-])c2ccccc12.COc1ccc([I+]c2ccccc2)cc1.O=S(=O)([O-])c1cccc2ccccc12.O=S(=O)([O-])c1ccccc1.O=[N+]([O-])c1ccc([I+]c2ccccc2)cc1.c1ccc([I+]c2ccccc2)cc1.c1ccc([I+]c2ccccc2)cc1. The van der Waals surface area contributed by atoms with Gasteiger partial charge in [0.05, 0.1) is 52.5 Å². The van der Waals surface area contributed by atoms with Crippen molar-refractivity contribution >= 4 is 71.6 Å². The van der Waals surface area contributed by atoms with Crippen molar-refractivity contribution in [3.8, 4) is 11.5 Å². The van der Waals surface area contributed by atoms with Crippen LogP contribution in [0, 0.1) is 56.4 Å². The summed E-state index contributed by atoms with van der Waals surface area (Å²) in [5.41, 5.74) is 1.48. The molecule has 0 saturated heterocycles. The summed E-state index contributed by atoms with van der Waals surface area (Å²) in [6, 6.07) is 117. The lowest BCUT2D eigenvalue weighted by Gasteiger charge is -2.22. The van der Waals surface area contributed by atoms with E-state index in [0.717, 1.165) is 79.3 Å². The van der Waals surface area contributed by atoms with Crippen molar-refractivity contribution in [1.29, 1.82) is 0 Å². The zero-order valence-corrected chi connectivity index (χ0v) is 96.8. The average molecular weight is 2470 g/mol. The second-order valence-electron chi connectivity index (χ2n) is 33.4. The van der Waals surface area contributed by atoms with E-state index in [0.29, 0.717) is 17.9 Å². The molecular formula is C118H145I4NO16S4. The molecule has 770 valence electrons. The predicted molar refractivity (Wildman–Crippen MR) is 566 cm³/mol. The van der Waals surface area contributed by atoms with Crippen LogP contribution in [0.3, 0.4) is 0 Å². The van der Waals surface area contributed by atoms with Crippen molar-refractivity contribution in [2.24, 2.45) is 17.8 Å². The van der Waals surface area contributed by atoms with Crippen molar-refractivity contribution in [2.45, 2.75) is 237 Å². The molecule has 143 heavy (non-hydrogen) atoms. The number of unbranched alkanes of at least 4 members (excludes halogenated alkanes) is 14. The number of nitrogens with zero attached hydrogens (tertiary/aromatic N) is 1. The molecule has 0 aromatic heterocycles. The highest BCUT2D eigenvalue weighted by molar-refractivity contribution is 7.95. The fourth-order valence-corrected chi connectivity index (χ4v) is 25.1. The van der Waals surface area contributed by atoms with Gasteiger partial charge in [0.1, 0.15) is 31.7 Å². The maximum Gasteiger partial charge on any atom is 0.357 e. The van der Waals surface area contributed by atoms with Crippen molar-refractivity contribution in [1.82, 2.24) is 0 Å². The van der Waals surface area contributed by atoms with E-state index in [1.165, 1.54) is 193 Å². The molecule has 0 aliphatic heterocycles. The highest BCUT2D eigenvalue weighted by Gasteiger charge is 2.20. The summed E-state index contributed by atoms with van der Waals surface area (Å²) in [5.74, 6) is 4.59. The summed E-state index contributed by atoms with van der Waals surface area (Å²) in [5, 5.41) is 40.0. The van der Waals surface area contributed by atoms with Crippen molar-refractivity contribution in [2.75, 3.05) is 13.7 Å². The molecule has 17 nitrogen and oxygen atoms in total. The molecule has 14 aromatic rings. The van der Waals surface area contributed by atoms with Crippen LogP contribution in [0.15, 0.2) is 384 Å². The summed E-state index contributed by atoms with van der Waals surface area (Å²) >= 11 is 1.61. The van der Waals surface area contributed by atoms with Gasteiger partial charge in [-0.15, -0.1) is 0 Å². The van der Waals surface area contributed by atoms with Crippen LogP contribution >= 0.6 is 24.1 Å². The second kappa shape index (κ2) is 79.9. The lowest BCUT2D eigenvalue weighted by atomic mass is 9.84. The summed E-state index contributed by atoms with van der Waals surface area (Å²) in [4.78, 5) is 11.4. The summed E-state index contributed by atoms with van der Waals surface area (Å²) in [6.07, 6.45) is 27.9. The number of non-ortho nitro benzene ring substituents is 1. The topological polar surface area (TPSA) is 259 Å². The van der Waals surface area contributed by atoms with E-state index in [1.54, 1.807) is 61.7 Å². The smallest absolute Gasteiger partial charge is 0.357 e. The molecule has 0 aliphatic carbocycles. The van der Waals surface area contributed by atoms with Gasteiger partial charge in [-0.05, 0) is 218 Å². The Hall–Kier alpha value is -8.20. The number of methoxy groups -OCH3 is 1. The van der Waals surface area contributed by atoms with Crippen molar-refractivity contribution < 1.29 is 154 Å². The molecule has 0 saturated carbocycles. The molecule has 14 aromatic carbocycles. The van der Waals surface area contributed by atoms with Gasteiger partial charge in [-0.3, -0.25) is 20.2 Å².